The van der Waals surface area contributed by atoms with Gasteiger partial charge in [-0.2, -0.15) is 0 Å². The molecule has 1 saturated carbocycles. The average Bonchev–Trinajstić information content (AvgIpc) is 2.88. The Bertz CT molecular complexity index is 1100. The van der Waals surface area contributed by atoms with E-state index in [1.54, 1.807) is 23.1 Å². The number of methoxy groups -OCH3 is 2. The van der Waals surface area contributed by atoms with Crippen LogP contribution in [0.25, 0.3) is 0 Å². The van der Waals surface area contributed by atoms with Gasteiger partial charge in [0.2, 0.25) is 0 Å². The first-order chi connectivity index (χ1) is 17.4. The number of anilines is 2. The van der Waals surface area contributed by atoms with Gasteiger partial charge in [-0.3, -0.25) is 15.2 Å². The van der Waals surface area contributed by atoms with Gasteiger partial charge in [-0.1, -0.05) is 19.9 Å². The second-order valence-corrected chi connectivity index (χ2v) is 7.70. The van der Waals surface area contributed by atoms with Crippen molar-refractivity contribution in [2.45, 2.75) is 38.1 Å². The predicted molar refractivity (Wildman–Crippen MR) is 130 cm³/mol. The lowest BCUT2D eigenvalue weighted by atomic mass is 9.77. The van der Waals surface area contributed by atoms with Gasteiger partial charge in [0.15, 0.2) is 0 Å². The van der Waals surface area contributed by atoms with Gasteiger partial charge in [0, 0.05) is 37.9 Å². The molecule has 0 radical (unpaired) electrons. The maximum Gasteiger partial charge on any atom is 0.283 e. The molecular formula is C26H29F3N4O3. The third kappa shape index (κ3) is 5.84. The summed E-state index contributed by atoms with van der Waals surface area (Å²) in [5.41, 5.74) is 6.41. The van der Waals surface area contributed by atoms with E-state index < -0.39 is 47.7 Å². The fourth-order valence-electron chi connectivity index (χ4n) is 4.17. The number of carbonyl (C=O) groups is 1. The molecule has 2 atom stereocenters. The van der Waals surface area contributed by atoms with Crippen LogP contribution in [0.4, 0.5) is 24.5 Å². The lowest BCUT2D eigenvalue weighted by Gasteiger charge is -2.54. The van der Waals surface area contributed by atoms with Crippen LogP contribution in [-0.2, 0) is 9.47 Å². The van der Waals surface area contributed by atoms with Crippen molar-refractivity contribution >= 4 is 17.3 Å². The number of hydrogen-bond acceptors (Lipinski definition) is 6. The Kier molecular flexibility index (Phi) is 9.40. The SMILES string of the molecule is CC.COC1C(NNC(=O)c2ccccn2)C(OC)C1N(c1ccc(F)cc1)c1cc(F)cc(F)c1. The molecule has 7 nitrogen and oxygen atoms in total. The molecule has 1 aromatic heterocycles. The summed E-state index contributed by atoms with van der Waals surface area (Å²) in [7, 11) is 2.96. The average molecular weight is 503 g/mol. The van der Waals surface area contributed by atoms with Gasteiger partial charge in [-0.05, 0) is 48.5 Å². The van der Waals surface area contributed by atoms with Gasteiger partial charge < -0.3 is 14.4 Å². The Balaban J connectivity index is 0.00000176. The van der Waals surface area contributed by atoms with E-state index in [2.05, 4.69) is 15.8 Å². The molecule has 0 saturated heterocycles. The molecule has 3 aromatic rings. The van der Waals surface area contributed by atoms with E-state index in [4.69, 9.17) is 9.47 Å². The number of aromatic nitrogens is 1. The Morgan fingerprint density at radius 2 is 1.47 bits per heavy atom. The summed E-state index contributed by atoms with van der Waals surface area (Å²) in [4.78, 5) is 18.0. The fourth-order valence-corrected chi connectivity index (χ4v) is 4.17. The lowest BCUT2D eigenvalue weighted by Crippen LogP contribution is -2.76. The predicted octanol–water partition coefficient (Wildman–Crippen LogP) is 4.38. The zero-order chi connectivity index (χ0) is 26.2. The molecule has 2 N–H and O–H groups in total. The normalized spacial score (nSPS) is 20.5. The fraction of sp³-hybridized carbons (Fsp3) is 0.308. The molecule has 1 heterocycles. The summed E-state index contributed by atoms with van der Waals surface area (Å²) < 4.78 is 53.2. The van der Waals surface area contributed by atoms with E-state index in [0.717, 1.165) is 6.07 Å². The molecule has 36 heavy (non-hydrogen) atoms. The van der Waals surface area contributed by atoms with E-state index in [-0.39, 0.29) is 11.4 Å². The summed E-state index contributed by atoms with van der Waals surface area (Å²) in [5, 5.41) is 0. The number of rotatable bonds is 8. The van der Waals surface area contributed by atoms with Crippen LogP contribution in [0.5, 0.6) is 0 Å². The van der Waals surface area contributed by atoms with E-state index in [0.29, 0.717) is 5.69 Å². The van der Waals surface area contributed by atoms with E-state index in [1.165, 1.54) is 56.8 Å². The highest BCUT2D eigenvalue weighted by Crippen LogP contribution is 2.40. The number of ether oxygens (including phenoxy) is 2. The minimum Gasteiger partial charge on any atom is -0.377 e. The standard InChI is InChI=1S/C24H23F3N4O3.C2H6/c1-33-22-20(29-30-24(32)19-5-3-4-10-28-19)23(34-2)21(22)31(17-8-6-14(25)7-9-17)18-12-15(26)11-16(27)13-18;1-2/h3-13,20-23,29H,1-2H3,(H,30,32);1-2H3. The number of carbonyl (C=O) groups excluding carboxylic acids is 1. The van der Waals surface area contributed by atoms with Crippen LogP contribution in [0, 0.1) is 17.5 Å². The highest BCUT2D eigenvalue weighted by atomic mass is 19.1. The number of pyridine rings is 1. The highest BCUT2D eigenvalue weighted by molar-refractivity contribution is 5.91. The van der Waals surface area contributed by atoms with E-state index >= 15 is 0 Å². The number of hydrazine groups is 1. The van der Waals surface area contributed by atoms with Crippen LogP contribution in [0.15, 0.2) is 66.9 Å². The molecule has 4 rings (SSSR count). The monoisotopic (exact) mass is 502 g/mol. The van der Waals surface area contributed by atoms with Gasteiger partial charge >= 0.3 is 0 Å². The molecular weight excluding hydrogens is 473 g/mol. The quantitative estimate of drug-likeness (QED) is 0.446. The van der Waals surface area contributed by atoms with Crippen molar-refractivity contribution in [2.24, 2.45) is 0 Å². The topological polar surface area (TPSA) is 75.7 Å². The van der Waals surface area contributed by atoms with Crippen LogP contribution in [0.1, 0.15) is 24.3 Å². The first-order valence-corrected chi connectivity index (χ1v) is 11.5. The summed E-state index contributed by atoms with van der Waals surface area (Å²) in [6.07, 6.45) is 0.346. The molecule has 1 fully saturated rings. The van der Waals surface area contributed by atoms with Gasteiger partial charge in [0.25, 0.3) is 5.91 Å². The van der Waals surface area contributed by atoms with Crippen molar-refractivity contribution in [1.82, 2.24) is 15.8 Å². The second-order valence-electron chi connectivity index (χ2n) is 7.70. The van der Waals surface area contributed by atoms with Crippen LogP contribution in [-0.4, -0.2) is 49.4 Å². The largest absolute Gasteiger partial charge is 0.377 e. The number of halogens is 3. The highest BCUT2D eigenvalue weighted by Gasteiger charge is 2.55. The number of benzene rings is 2. The zero-order valence-electron chi connectivity index (χ0n) is 20.4. The van der Waals surface area contributed by atoms with E-state index in [1.807, 2.05) is 13.8 Å². The minimum atomic E-state index is -0.762. The third-order valence-corrected chi connectivity index (χ3v) is 5.70. The molecule has 2 aromatic carbocycles. The van der Waals surface area contributed by atoms with Gasteiger partial charge in [0.1, 0.15) is 35.4 Å². The molecule has 0 spiro atoms. The van der Waals surface area contributed by atoms with Crippen LogP contribution >= 0.6 is 0 Å². The molecule has 0 bridgehead atoms. The zero-order valence-corrected chi connectivity index (χ0v) is 20.4. The van der Waals surface area contributed by atoms with Gasteiger partial charge in [-0.15, -0.1) is 0 Å². The van der Waals surface area contributed by atoms with Crippen molar-refractivity contribution in [2.75, 3.05) is 19.1 Å². The Hall–Kier alpha value is -3.47. The van der Waals surface area contributed by atoms with Crippen molar-refractivity contribution in [3.05, 3.63) is 90.0 Å². The van der Waals surface area contributed by atoms with E-state index in [9.17, 15) is 18.0 Å². The number of nitrogens with zero attached hydrogens (tertiary/aromatic N) is 2. The molecule has 1 aliphatic carbocycles. The van der Waals surface area contributed by atoms with Crippen molar-refractivity contribution < 1.29 is 27.4 Å². The first kappa shape index (κ1) is 27.1. The number of nitrogens with one attached hydrogen (secondary N) is 2. The molecule has 0 aliphatic heterocycles. The second kappa shape index (κ2) is 12.5. The van der Waals surface area contributed by atoms with Crippen LogP contribution in [0.2, 0.25) is 0 Å². The van der Waals surface area contributed by atoms with Gasteiger partial charge in [0.05, 0.1) is 12.1 Å². The van der Waals surface area contributed by atoms with Crippen LogP contribution < -0.4 is 15.8 Å². The Labute approximate surface area is 208 Å². The minimum absolute atomic E-state index is 0.203. The summed E-state index contributed by atoms with van der Waals surface area (Å²) in [6, 6.07) is 12.5. The maximum atomic E-state index is 14.1. The number of amides is 1. The van der Waals surface area contributed by atoms with Crippen molar-refractivity contribution in [3.8, 4) is 0 Å². The molecule has 10 heteroatoms. The third-order valence-electron chi connectivity index (χ3n) is 5.70. The number of hydrogen-bond donors (Lipinski definition) is 2. The van der Waals surface area contributed by atoms with Gasteiger partial charge in [-0.25, -0.2) is 18.6 Å². The summed E-state index contributed by atoms with van der Waals surface area (Å²) in [5.74, 6) is -2.43. The Morgan fingerprint density at radius 3 is 2.00 bits per heavy atom. The van der Waals surface area contributed by atoms with Crippen molar-refractivity contribution in [3.63, 3.8) is 0 Å². The first-order valence-electron chi connectivity index (χ1n) is 11.5. The van der Waals surface area contributed by atoms with Crippen LogP contribution in [0.3, 0.4) is 0 Å². The maximum absolute atomic E-state index is 14.1. The smallest absolute Gasteiger partial charge is 0.283 e. The lowest BCUT2D eigenvalue weighted by molar-refractivity contribution is -0.121. The summed E-state index contributed by atoms with van der Waals surface area (Å²) in [6.45, 7) is 4.00. The molecule has 2 unspecified atom stereocenters. The Morgan fingerprint density at radius 1 is 0.861 bits per heavy atom. The molecule has 1 aliphatic rings. The van der Waals surface area contributed by atoms with Crippen molar-refractivity contribution in [1.29, 1.82) is 0 Å². The summed E-state index contributed by atoms with van der Waals surface area (Å²) >= 11 is 0. The molecule has 1 amide bonds. The molecule has 192 valence electrons.